The van der Waals surface area contributed by atoms with Gasteiger partial charge in [0.1, 0.15) is 0 Å². The smallest absolute Gasteiger partial charge is 0.191 e. The number of thioether (sulfide) groups is 1. The van der Waals surface area contributed by atoms with E-state index in [9.17, 15) is 0 Å². The minimum absolute atomic E-state index is 0.169. The fraction of sp³-hybridized carbons (Fsp3) is 0.600. The molecule has 0 radical (unpaired) electrons. The van der Waals surface area contributed by atoms with Crippen molar-refractivity contribution in [2.24, 2.45) is 0 Å². The highest BCUT2D eigenvalue weighted by molar-refractivity contribution is 7.99. The molecule has 1 aliphatic rings. The Morgan fingerprint density at radius 3 is 3.13 bits per heavy atom. The number of ether oxygens (including phenoxy) is 1. The fourth-order valence-electron chi connectivity index (χ4n) is 2.56. The van der Waals surface area contributed by atoms with Crippen LogP contribution < -0.4 is 5.32 Å². The van der Waals surface area contributed by atoms with E-state index in [0.717, 1.165) is 54.1 Å². The number of hydrogen-bond acceptors (Lipinski definition) is 7. The molecule has 1 atom stereocenters. The third-order valence-corrected chi connectivity index (χ3v) is 5.50. The highest BCUT2D eigenvalue weighted by Crippen LogP contribution is 2.28. The number of aromatic nitrogens is 3. The molecule has 2 aromatic heterocycles. The summed E-state index contributed by atoms with van der Waals surface area (Å²) in [6, 6.07) is 4.12. The summed E-state index contributed by atoms with van der Waals surface area (Å²) < 4.78 is 7.98. The molecular weight excluding hydrogens is 332 g/mol. The van der Waals surface area contributed by atoms with E-state index in [2.05, 4.69) is 31.5 Å². The highest BCUT2D eigenvalue weighted by atomic mass is 32.2. The third kappa shape index (κ3) is 4.54. The van der Waals surface area contributed by atoms with Crippen molar-refractivity contribution in [3.63, 3.8) is 0 Å². The van der Waals surface area contributed by atoms with Gasteiger partial charge in [-0.3, -0.25) is 4.57 Å². The standard InChI is InChI=1S/C15H22N4O2S2/c20-7-5-16-6-10-23-15-18-17-14(13-4-2-9-22-13)19(15)11-12-3-1-8-21-12/h2,4,9,12,16,20H,1,3,5-8,10-11H2/t12-/m1/s1. The topological polar surface area (TPSA) is 72.2 Å². The van der Waals surface area contributed by atoms with Gasteiger partial charge in [-0.2, -0.15) is 0 Å². The van der Waals surface area contributed by atoms with Crippen LogP contribution in [0.15, 0.2) is 22.7 Å². The maximum absolute atomic E-state index is 8.79. The van der Waals surface area contributed by atoms with Gasteiger partial charge in [0.05, 0.1) is 24.1 Å². The Labute approximate surface area is 144 Å². The van der Waals surface area contributed by atoms with Crippen LogP contribution in [0.4, 0.5) is 0 Å². The lowest BCUT2D eigenvalue weighted by molar-refractivity contribution is 0.0953. The second kappa shape index (κ2) is 8.79. The molecule has 126 valence electrons. The van der Waals surface area contributed by atoms with Crippen LogP contribution in [0.3, 0.4) is 0 Å². The van der Waals surface area contributed by atoms with E-state index in [0.29, 0.717) is 6.54 Å². The normalized spacial score (nSPS) is 17.9. The van der Waals surface area contributed by atoms with Crippen molar-refractivity contribution in [1.29, 1.82) is 0 Å². The van der Waals surface area contributed by atoms with Gasteiger partial charge in [-0.25, -0.2) is 0 Å². The van der Waals surface area contributed by atoms with Crippen LogP contribution in [0, 0.1) is 0 Å². The van der Waals surface area contributed by atoms with E-state index in [4.69, 9.17) is 9.84 Å². The molecule has 3 rings (SSSR count). The number of nitrogens with zero attached hydrogens (tertiary/aromatic N) is 3. The molecule has 1 aliphatic heterocycles. The summed E-state index contributed by atoms with van der Waals surface area (Å²) in [4.78, 5) is 1.14. The first-order valence-electron chi connectivity index (χ1n) is 7.91. The van der Waals surface area contributed by atoms with E-state index < -0.39 is 0 Å². The Morgan fingerprint density at radius 2 is 2.39 bits per heavy atom. The van der Waals surface area contributed by atoms with Crippen molar-refractivity contribution < 1.29 is 9.84 Å². The second-order valence-electron chi connectivity index (χ2n) is 5.35. The summed E-state index contributed by atoms with van der Waals surface area (Å²) >= 11 is 3.38. The van der Waals surface area contributed by atoms with E-state index in [1.54, 1.807) is 23.1 Å². The molecule has 1 fully saturated rings. The largest absolute Gasteiger partial charge is 0.395 e. The number of nitrogens with one attached hydrogen (secondary N) is 1. The fourth-order valence-corrected chi connectivity index (χ4v) is 4.12. The Kier molecular flexibility index (Phi) is 6.46. The van der Waals surface area contributed by atoms with Gasteiger partial charge in [-0.15, -0.1) is 21.5 Å². The van der Waals surface area contributed by atoms with Crippen LogP contribution in [0.1, 0.15) is 12.8 Å². The predicted molar refractivity (Wildman–Crippen MR) is 93.0 cm³/mol. The highest BCUT2D eigenvalue weighted by Gasteiger charge is 2.21. The summed E-state index contributed by atoms with van der Waals surface area (Å²) in [6.07, 6.45) is 2.50. The average Bonchev–Trinajstić information content (AvgIpc) is 3.29. The van der Waals surface area contributed by atoms with E-state index in [1.165, 1.54) is 0 Å². The van der Waals surface area contributed by atoms with Crippen molar-refractivity contribution in [2.45, 2.75) is 30.6 Å². The van der Waals surface area contributed by atoms with Gasteiger partial charge in [-0.05, 0) is 24.3 Å². The van der Waals surface area contributed by atoms with Gasteiger partial charge < -0.3 is 15.2 Å². The van der Waals surface area contributed by atoms with Gasteiger partial charge in [0.2, 0.25) is 0 Å². The molecule has 3 heterocycles. The van der Waals surface area contributed by atoms with Crippen LogP contribution in [0.5, 0.6) is 0 Å². The molecule has 1 saturated heterocycles. The lowest BCUT2D eigenvalue weighted by Gasteiger charge is -2.14. The third-order valence-electron chi connectivity index (χ3n) is 3.67. The number of rotatable bonds is 9. The van der Waals surface area contributed by atoms with Gasteiger partial charge in [0, 0.05) is 25.4 Å². The molecule has 0 saturated carbocycles. The van der Waals surface area contributed by atoms with Gasteiger partial charge in [0.25, 0.3) is 0 Å². The monoisotopic (exact) mass is 354 g/mol. The van der Waals surface area contributed by atoms with Crippen LogP contribution in [-0.4, -0.2) is 58.0 Å². The van der Waals surface area contributed by atoms with E-state index >= 15 is 0 Å². The molecule has 6 nitrogen and oxygen atoms in total. The predicted octanol–water partition coefficient (Wildman–Crippen LogP) is 1.86. The molecule has 0 aliphatic carbocycles. The van der Waals surface area contributed by atoms with E-state index in [1.807, 2.05) is 6.07 Å². The van der Waals surface area contributed by atoms with Crippen LogP contribution >= 0.6 is 23.1 Å². The summed E-state index contributed by atoms with van der Waals surface area (Å²) in [5, 5.41) is 23.8. The zero-order valence-corrected chi connectivity index (χ0v) is 14.6. The first kappa shape index (κ1) is 16.9. The maximum Gasteiger partial charge on any atom is 0.191 e. The molecule has 0 amide bonds. The van der Waals surface area contributed by atoms with E-state index in [-0.39, 0.29) is 12.7 Å². The first-order valence-corrected chi connectivity index (χ1v) is 9.78. The minimum atomic E-state index is 0.169. The van der Waals surface area contributed by atoms with Gasteiger partial charge >= 0.3 is 0 Å². The van der Waals surface area contributed by atoms with Gasteiger partial charge in [-0.1, -0.05) is 17.8 Å². The molecule has 0 bridgehead atoms. The maximum atomic E-state index is 8.79. The molecular formula is C15H22N4O2S2. The summed E-state index contributed by atoms with van der Waals surface area (Å²) in [7, 11) is 0. The zero-order chi connectivity index (χ0) is 15.9. The quantitative estimate of drug-likeness (QED) is 0.529. The molecule has 0 aromatic carbocycles. The minimum Gasteiger partial charge on any atom is -0.395 e. The van der Waals surface area contributed by atoms with Crippen molar-refractivity contribution in [3.05, 3.63) is 17.5 Å². The molecule has 2 aromatic rings. The molecule has 0 unspecified atom stereocenters. The van der Waals surface area contributed by atoms with Crippen molar-refractivity contribution in [1.82, 2.24) is 20.1 Å². The van der Waals surface area contributed by atoms with Crippen LogP contribution in [0.25, 0.3) is 10.7 Å². The van der Waals surface area contributed by atoms with Crippen molar-refractivity contribution in [2.75, 3.05) is 32.1 Å². The lowest BCUT2D eigenvalue weighted by atomic mass is 10.2. The summed E-state index contributed by atoms with van der Waals surface area (Å²) in [6.45, 7) is 3.31. The Hall–Kier alpha value is -0.930. The van der Waals surface area contributed by atoms with Gasteiger partial charge in [0.15, 0.2) is 11.0 Å². The molecule has 8 heteroatoms. The first-order chi connectivity index (χ1) is 11.4. The number of aliphatic hydroxyl groups excluding tert-OH is 1. The van der Waals surface area contributed by atoms with Crippen LogP contribution in [-0.2, 0) is 11.3 Å². The Balaban J connectivity index is 1.70. The zero-order valence-electron chi connectivity index (χ0n) is 13.0. The van der Waals surface area contributed by atoms with Crippen molar-refractivity contribution in [3.8, 4) is 10.7 Å². The Bertz CT molecular complexity index is 582. The van der Waals surface area contributed by atoms with Crippen LogP contribution in [0.2, 0.25) is 0 Å². The molecule has 0 spiro atoms. The Morgan fingerprint density at radius 1 is 1.43 bits per heavy atom. The summed E-state index contributed by atoms with van der Waals surface area (Å²) in [5.41, 5.74) is 0. The number of hydrogen-bond donors (Lipinski definition) is 2. The lowest BCUT2D eigenvalue weighted by Crippen LogP contribution is -2.21. The SMILES string of the molecule is OCCNCCSc1nnc(-c2cccs2)n1C[C@H]1CCCO1. The number of aliphatic hydroxyl groups is 1. The second-order valence-corrected chi connectivity index (χ2v) is 7.36. The molecule has 2 N–H and O–H groups in total. The number of thiophene rings is 1. The van der Waals surface area contributed by atoms with Crippen molar-refractivity contribution >= 4 is 23.1 Å². The molecule has 23 heavy (non-hydrogen) atoms. The summed E-state index contributed by atoms with van der Waals surface area (Å²) in [5.74, 6) is 1.83. The average molecular weight is 355 g/mol.